The van der Waals surface area contributed by atoms with Gasteiger partial charge in [0.15, 0.2) is 4.77 Å². The summed E-state index contributed by atoms with van der Waals surface area (Å²) in [4.78, 5) is 0. The molecule has 0 spiro atoms. The number of H-pyrrole nitrogens is 1. The average Bonchev–Trinajstić information content (AvgIpc) is 2.47. The largest absolute Gasteiger partial charge is 0.381 e. The zero-order chi connectivity index (χ0) is 11.0. The van der Waals surface area contributed by atoms with E-state index in [-0.39, 0.29) is 0 Å². The molecule has 15 heavy (non-hydrogen) atoms. The molecule has 0 radical (unpaired) electrons. The van der Waals surface area contributed by atoms with Crippen molar-refractivity contribution in [3.05, 3.63) is 10.6 Å². The minimum Gasteiger partial charge on any atom is -0.381 e. The van der Waals surface area contributed by atoms with E-state index in [0.717, 1.165) is 23.4 Å². The third kappa shape index (κ3) is 1.86. The van der Waals surface area contributed by atoms with Crippen molar-refractivity contribution in [2.75, 3.05) is 7.11 Å². The molecule has 0 aromatic carbocycles. The highest BCUT2D eigenvalue weighted by Gasteiger charge is 2.32. The van der Waals surface area contributed by atoms with E-state index < -0.39 is 0 Å². The lowest BCUT2D eigenvalue weighted by atomic mass is 9.88. The highest BCUT2D eigenvalue weighted by atomic mass is 32.1. The molecule has 1 fully saturated rings. The Morgan fingerprint density at radius 2 is 2.20 bits per heavy atom. The lowest BCUT2D eigenvalue weighted by Gasteiger charge is -2.35. The van der Waals surface area contributed by atoms with E-state index >= 15 is 0 Å². The number of ether oxygens (including phenoxy) is 1. The Balaban J connectivity index is 2.21. The van der Waals surface area contributed by atoms with E-state index in [4.69, 9.17) is 17.0 Å². The maximum Gasteiger partial charge on any atom is 0.195 e. The summed E-state index contributed by atoms with van der Waals surface area (Å²) in [5, 5.41) is 7.15. The van der Waals surface area contributed by atoms with Gasteiger partial charge in [-0.2, -0.15) is 5.10 Å². The van der Waals surface area contributed by atoms with Crippen LogP contribution in [0.1, 0.15) is 44.5 Å². The van der Waals surface area contributed by atoms with Gasteiger partial charge in [0.2, 0.25) is 0 Å². The van der Waals surface area contributed by atoms with Gasteiger partial charge in [-0.25, -0.2) is 0 Å². The van der Waals surface area contributed by atoms with Crippen LogP contribution in [-0.2, 0) is 4.74 Å². The van der Waals surface area contributed by atoms with Crippen molar-refractivity contribution in [1.82, 2.24) is 14.8 Å². The van der Waals surface area contributed by atoms with Crippen LogP contribution in [-0.4, -0.2) is 28.0 Å². The van der Waals surface area contributed by atoms with E-state index in [9.17, 15) is 0 Å². The number of hydrogen-bond acceptors (Lipinski definition) is 3. The molecule has 1 N–H and O–H groups in total. The number of rotatable bonds is 3. The molecule has 0 amide bonds. The van der Waals surface area contributed by atoms with Crippen LogP contribution in [0.2, 0.25) is 0 Å². The molecular formula is C10H17N3OS. The molecule has 0 atom stereocenters. The van der Waals surface area contributed by atoms with Crippen LogP contribution in [0.4, 0.5) is 0 Å². The van der Waals surface area contributed by atoms with Crippen molar-refractivity contribution in [2.45, 2.75) is 44.8 Å². The Hall–Kier alpha value is -0.680. The standard InChI is InChI=1S/C10H17N3OS/c1-6(2)9-11-12-10(15)13(9)7-4-8(5-7)14-3/h6-8H,4-5H2,1-3H3,(H,12,15). The number of methoxy groups -OCH3 is 1. The van der Waals surface area contributed by atoms with Crippen molar-refractivity contribution in [3.63, 3.8) is 0 Å². The third-order valence-electron chi connectivity index (χ3n) is 3.02. The first-order valence-electron chi connectivity index (χ1n) is 5.33. The molecule has 0 aliphatic heterocycles. The topological polar surface area (TPSA) is 42.8 Å². The van der Waals surface area contributed by atoms with Crippen molar-refractivity contribution >= 4 is 12.2 Å². The van der Waals surface area contributed by atoms with Crippen molar-refractivity contribution < 1.29 is 4.74 Å². The van der Waals surface area contributed by atoms with Gasteiger partial charge in [-0.05, 0) is 25.1 Å². The van der Waals surface area contributed by atoms with Gasteiger partial charge in [0.25, 0.3) is 0 Å². The molecule has 1 aromatic heterocycles. The van der Waals surface area contributed by atoms with Crippen LogP contribution in [0.15, 0.2) is 0 Å². The molecule has 2 rings (SSSR count). The van der Waals surface area contributed by atoms with E-state index in [1.807, 2.05) is 0 Å². The van der Waals surface area contributed by atoms with Gasteiger partial charge in [0, 0.05) is 19.1 Å². The maximum atomic E-state index is 5.28. The summed E-state index contributed by atoms with van der Waals surface area (Å²) in [5.74, 6) is 1.46. The zero-order valence-electron chi connectivity index (χ0n) is 9.36. The molecule has 0 bridgehead atoms. The fourth-order valence-electron chi connectivity index (χ4n) is 2.02. The van der Waals surface area contributed by atoms with Crippen LogP contribution in [0.5, 0.6) is 0 Å². The highest BCUT2D eigenvalue weighted by molar-refractivity contribution is 7.71. The maximum absolute atomic E-state index is 5.28. The van der Waals surface area contributed by atoms with Crippen molar-refractivity contribution in [1.29, 1.82) is 0 Å². The van der Waals surface area contributed by atoms with Crippen molar-refractivity contribution in [2.24, 2.45) is 0 Å². The first-order chi connectivity index (χ1) is 7.13. The first kappa shape index (κ1) is 10.8. The second-order valence-electron chi connectivity index (χ2n) is 4.39. The number of aromatic nitrogens is 3. The quantitative estimate of drug-likeness (QED) is 0.806. The smallest absolute Gasteiger partial charge is 0.195 e. The third-order valence-corrected chi connectivity index (χ3v) is 3.30. The fourth-order valence-corrected chi connectivity index (χ4v) is 2.31. The molecule has 0 unspecified atom stereocenters. The number of nitrogens with one attached hydrogen (secondary N) is 1. The van der Waals surface area contributed by atoms with Gasteiger partial charge >= 0.3 is 0 Å². The SMILES string of the molecule is COC1CC(n2c(C(C)C)n[nH]c2=S)C1. The van der Waals surface area contributed by atoms with Crippen LogP contribution >= 0.6 is 12.2 Å². The number of hydrogen-bond donors (Lipinski definition) is 1. The van der Waals surface area contributed by atoms with Gasteiger partial charge < -0.3 is 9.30 Å². The van der Waals surface area contributed by atoms with Gasteiger partial charge in [-0.3, -0.25) is 5.10 Å². The first-order valence-corrected chi connectivity index (χ1v) is 5.74. The molecule has 1 aliphatic carbocycles. The van der Waals surface area contributed by atoms with Gasteiger partial charge in [-0.1, -0.05) is 13.8 Å². The summed E-state index contributed by atoms with van der Waals surface area (Å²) < 4.78 is 8.16. The minimum absolute atomic E-state index is 0.395. The van der Waals surface area contributed by atoms with Crippen LogP contribution in [0.25, 0.3) is 0 Å². The lowest BCUT2D eigenvalue weighted by molar-refractivity contribution is 0.00472. The van der Waals surface area contributed by atoms with Crippen LogP contribution < -0.4 is 0 Å². The zero-order valence-corrected chi connectivity index (χ0v) is 10.2. The summed E-state index contributed by atoms with van der Waals surface area (Å²) in [5.41, 5.74) is 0. The predicted molar refractivity (Wildman–Crippen MR) is 60.6 cm³/mol. The molecule has 0 saturated heterocycles. The molecule has 84 valence electrons. The second kappa shape index (κ2) is 4.06. The fraction of sp³-hybridized carbons (Fsp3) is 0.800. The highest BCUT2D eigenvalue weighted by Crippen LogP contribution is 2.35. The molecular weight excluding hydrogens is 210 g/mol. The monoisotopic (exact) mass is 227 g/mol. The minimum atomic E-state index is 0.395. The van der Waals surface area contributed by atoms with Gasteiger partial charge in [0.1, 0.15) is 5.82 Å². The molecule has 1 aliphatic rings. The Morgan fingerprint density at radius 1 is 1.53 bits per heavy atom. The molecule has 1 saturated carbocycles. The van der Waals surface area contributed by atoms with E-state index in [1.165, 1.54) is 0 Å². The Bertz CT molecular complexity index is 390. The average molecular weight is 227 g/mol. The van der Waals surface area contributed by atoms with Crippen molar-refractivity contribution in [3.8, 4) is 0 Å². The number of aromatic amines is 1. The summed E-state index contributed by atoms with van der Waals surface area (Å²) in [6.07, 6.45) is 2.49. The van der Waals surface area contributed by atoms with Gasteiger partial charge in [0.05, 0.1) is 6.10 Å². The molecule has 1 heterocycles. The Kier molecular flexibility index (Phi) is 2.93. The normalized spacial score (nSPS) is 25.6. The lowest BCUT2D eigenvalue weighted by Crippen LogP contribution is -2.33. The Labute approximate surface area is 94.6 Å². The summed E-state index contributed by atoms with van der Waals surface area (Å²) >= 11 is 5.25. The van der Waals surface area contributed by atoms with Crippen LogP contribution in [0, 0.1) is 4.77 Å². The molecule has 5 heteroatoms. The van der Waals surface area contributed by atoms with E-state index in [1.54, 1.807) is 7.11 Å². The predicted octanol–water partition coefficient (Wildman–Crippen LogP) is 2.41. The number of nitrogens with zero attached hydrogens (tertiary/aromatic N) is 2. The summed E-state index contributed by atoms with van der Waals surface area (Å²) in [7, 11) is 1.76. The van der Waals surface area contributed by atoms with E-state index in [0.29, 0.717) is 18.1 Å². The summed E-state index contributed by atoms with van der Waals surface area (Å²) in [6, 6.07) is 0.471. The van der Waals surface area contributed by atoms with Gasteiger partial charge in [-0.15, -0.1) is 0 Å². The Morgan fingerprint density at radius 3 is 2.73 bits per heavy atom. The second-order valence-corrected chi connectivity index (χ2v) is 4.78. The summed E-state index contributed by atoms with van der Waals surface area (Å²) in [6.45, 7) is 4.27. The van der Waals surface area contributed by atoms with Crippen LogP contribution in [0.3, 0.4) is 0 Å². The van der Waals surface area contributed by atoms with E-state index in [2.05, 4.69) is 28.6 Å². The molecule has 1 aromatic rings. The molecule has 4 nitrogen and oxygen atoms in total.